The molecular formula is C20H25N3O2. The molecule has 1 aliphatic carbocycles. The molecule has 2 heterocycles. The lowest BCUT2D eigenvalue weighted by atomic mass is 9.94. The molecule has 2 aliphatic rings. The molecule has 25 heavy (non-hydrogen) atoms. The van der Waals surface area contributed by atoms with E-state index in [0.717, 1.165) is 19.5 Å². The lowest BCUT2D eigenvalue weighted by Gasteiger charge is -2.26. The number of nitrogens with zero attached hydrogens (tertiary/aromatic N) is 2. The molecule has 2 aromatic rings. The molecule has 1 fully saturated rings. The molecule has 0 radical (unpaired) electrons. The van der Waals surface area contributed by atoms with Gasteiger partial charge < -0.3 is 9.84 Å². The van der Waals surface area contributed by atoms with Gasteiger partial charge in [-0.15, -0.1) is 0 Å². The van der Waals surface area contributed by atoms with Crippen molar-refractivity contribution in [3.8, 4) is 0 Å². The molecular weight excluding hydrogens is 314 g/mol. The first kappa shape index (κ1) is 16.3. The highest BCUT2D eigenvalue weighted by molar-refractivity contribution is 5.92. The van der Waals surface area contributed by atoms with Crippen molar-refractivity contribution >= 4 is 5.91 Å². The van der Waals surface area contributed by atoms with Crippen molar-refractivity contribution in [3.05, 3.63) is 52.9 Å². The van der Waals surface area contributed by atoms with Gasteiger partial charge in [-0.1, -0.05) is 36.3 Å². The quantitative estimate of drug-likeness (QED) is 0.929. The van der Waals surface area contributed by atoms with Gasteiger partial charge in [0.25, 0.3) is 5.91 Å². The number of carbonyl (C=O) groups is 1. The Hall–Kier alpha value is -2.14. The van der Waals surface area contributed by atoms with Crippen LogP contribution in [0.1, 0.15) is 59.6 Å². The summed E-state index contributed by atoms with van der Waals surface area (Å²) in [5.74, 6) is 1.41. The van der Waals surface area contributed by atoms with Crippen molar-refractivity contribution in [3.63, 3.8) is 0 Å². The summed E-state index contributed by atoms with van der Waals surface area (Å²) in [5, 5.41) is 7.08. The minimum Gasteiger partial charge on any atom is -0.361 e. The average Bonchev–Trinajstić information content (AvgIpc) is 3.30. The number of benzene rings is 1. The number of hydrogen-bond acceptors (Lipinski definition) is 4. The van der Waals surface area contributed by atoms with Crippen molar-refractivity contribution < 1.29 is 9.32 Å². The summed E-state index contributed by atoms with van der Waals surface area (Å²) >= 11 is 0. The van der Waals surface area contributed by atoms with Crippen LogP contribution >= 0.6 is 0 Å². The normalized spacial score (nSPS) is 26.3. The van der Waals surface area contributed by atoms with E-state index in [1.165, 1.54) is 11.1 Å². The minimum atomic E-state index is -0.153. The molecule has 0 spiro atoms. The van der Waals surface area contributed by atoms with Gasteiger partial charge in [0.2, 0.25) is 0 Å². The Bertz CT molecular complexity index is 785. The van der Waals surface area contributed by atoms with E-state index in [4.69, 9.17) is 4.52 Å². The third-order valence-electron chi connectivity index (χ3n) is 5.91. The second-order valence-corrected chi connectivity index (χ2v) is 7.38. The summed E-state index contributed by atoms with van der Waals surface area (Å²) < 4.78 is 5.05. The van der Waals surface area contributed by atoms with Gasteiger partial charge in [-0.2, -0.15) is 0 Å². The van der Waals surface area contributed by atoms with Gasteiger partial charge in [0.05, 0.1) is 6.04 Å². The number of fused-ring (bicyclic) bond motifs is 3. The van der Waals surface area contributed by atoms with Crippen LogP contribution in [0.4, 0.5) is 0 Å². The predicted octanol–water partition coefficient (Wildman–Crippen LogP) is 3.28. The Morgan fingerprint density at radius 2 is 2.12 bits per heavy atom. The number of aryl methyl sites for hydroxylation is 1. The topological polar surface area (TPSA) is 58.4 Å². The molecule has 0 saturated carbocycles. The summed E-state index contributed by atoms with van der Waals surface area (Å²) in [6.45, 7) is 8.42. The van der Waals surface area contributed by atoms with Crippen LogP contribution in [-0.4, -0.2) is 35.1 Å². The summed E-state index contributed by atoms with van der Waals surface area (Å²) in [4.78, 5) is 15.2. The number of likely N-dealkylation sites (tertiary alicyclic amines) is 1. The maximum atomic E-state index is 12.6. The van der Waals surface area contributed by atoms with E-state index in [0.29, 0.717) is 29.3 Å². The first-order valence-electron chi connectivity index (χ1n) is 9.15. The summed E-state index contributed by atoms with van der Waals surface area (Å²) in [6, 6.07) is 10.8. The number of nitrogens with one attached hydrogen (secondary N) is 1. The largest absolute Gasteiger partial charge is 0.361 e. The fourth-order valence-corrected chi connectivity index (χ4v) is 4.38. The molecule has 1 aliphatic heterocycles. The monoisotopic (exact) mass is 339 g/mol. The zero-order valence-electron chi connectivity index (χ0n) is 15.0. The van der Waals surface area contributed by atoms with Crippen LogP contribution in [0.15, 0.2) is 34.9 Å². The second kappa shape index (κ2) is 6.30. The molecule has 132 valence electrons. The Kier molecular flexibility index (Phi) is 4.12. The van der Waals surface area contributed by atoms with Crippen molar-refractivity contribution in [2.45, 2.75) is 45.2 Å². The Morgan fingerprint density at radius 1 is 1.36 bits per heavy atom. The van der Waals surface area contributed by atoms with Crippen molar-refractivity contribution in [2.24, 2.45) is 5.92 Å². The summed E-state index contributed by atoms with van der Waals surface area (Å²) in [6.07, 6.45) is 1.15. The molecule has 1 saturated heterocycles. The highest BCUT2D eigenvalue weighted by Gasteiger charge is 2.47. The van der Waals surface area contributed by atoms with Crippen LogP contribution < -0.4 is 5.32 Å². The zero-order chi connectivity index (χ0) is 17.6. The number of rotatable bonds is 4. The van der Waals surface area contributed by atoms with Crippen molar-refractivity contribution in [2.75, 3.05) is 13.1 Å². The van der Waals surface area contributed by atoms with Gasteiger partial charge >= 0.3 is 0 Å². The maximum absolute atomic E-state index is 12.6. The van der Waals surface area contributed by atoms with E-state index in [9.17, 15) is 4.79 Å². The van der Waals surface area contributed by atoms with Gasteiger partial charge in [0.1, 0.15) is 5.76 Å². The van der Waals surface area contributed by atoms with E-state index in [1.807, 2.05) is 0 Å². The number of aromatic nitrogens is 1. The molecule has 4 rings (SSSR count). The molecule has 4 atom stereocenters. The molecule has 1 aromatic carbocycles. The zero-order valence-corrected chi connectivity index (χ0v) is 15.0. The summed E-state index contributed by atoms with van der Waals surface area (Å²) in [7, 11) is 0. The number of carbonyl (C=O) groups excluding carboxylic acids is 1. The fourth-order valence-electron chi connectivity index (χ4n) is 4.38. The van der Waals surface area contributed by atoms with E-state index >= 15 is 0 Å². The van der Waals surface area contributed by atoms with Gasteiger partial charge in [0, 0.05) is 37.0 Å². The molecule has 1 aromatic heterocycles. The van der Waals surface area contributed by atoms with Gasteiger partial charge in [-0.05, 0) is 31.4 Å². The Morgan fingerprint density at radius 3 is 2.80 bits per heavy atom. The van der Waals surface area contributed by atoms with Gasteiger partial charge in [-0.25, -0.2) is 0 Å². The average molecular weight is 339 g/mol. The third kappa shape index (κ3) is 2.76. The Labute approximate surface area is 148 Å². The first-order valence-corrected chi connectivity index (χ1v) is 9.15. The maximum Gasteiger partial charge on any atom is 0.273 e. The van der Waals surface area contributed by atoms with Crippen molar-refractivity contribution in [1.29, 1.82) is 0 Å². The van der Waals surface area contributed by atoms with Gasteiger partial charge in [-0.3, -0.25) is 9.69 Å². The summed E-state index contributed by atoms with van der Waals surface area (Å²) in [5.41, 5.74) is 3.00. The minimum absolute atomic E-state index is 0.0414. The van der Waals surface area contributed by atoms with Crippen LogP contribution in [0.25, 0.3) is 0 Å². The van der Waals surface area contributed by atoms with Crippen LogP contribution in [-0.2, 0) is 0 Å². The van der Waals surface area contributed by atoms with Crippen LogP contribution in [0.2, 0.25) is 0 Å². The highest BCUT2D eigenvalue weighted by Crippen LogP contribution is 2.49. The van der Waals surface area contributed by atoms with E-state index in [1.54, 1.807) is 13.0 Å². The standard InChI is InChI=1S/C20H25N3O2/c1-4-12(2)23-10-16-14-7-5-6-8-15(14)19(17(16)11-23)21-20(24)18-9-13(3)25-22-18/h5-9,12,16-17,19H,4,10-11H2,1-3H3,(H,21,24)/t12-,16+,17+,19-/m1/s1. The smallest absolute Gasteiger partial charge is 0.273 e. The molecule has 0 unspecified atom stereocenters. The fraction of sp³-hybridized carbons (Fsp3) is 0.500. The SMILES string of the molecule is CC[C@@H](C)N1C[C@@H]2[C@H](NC(=O)c3cc(C)on3)c3ccccc3[C@@H]2C1. The van der Waals surface area contributed by atoms with E-state index in [2.05, 4.69) is 53.5 Å². The number of amides is 1. The highest BCUT2D eigenvalue weighted by atomic mass is 16.5. The lowest BCUT2D eigenvalue weighted by molar-refractivity contribution is 0.0914. The number of hydrogen-bond donors (Lipinski definition) is 1. The third-order valence-corrected chi connectivity index (χ3v) is 5.91. The second-order valence-electron chi connectivity index (χ2n) is 7.38. The lowest BCUT2D eigenvalue weighted by Crippen LogP contribution is -2.35. The van der Waals surface area contributed by atoms with Crippen LogP contribution in [0.3, 0.4) is 0 Å². The molecule has 5 heteroatoms. The molecule has 1 N–H and O–H groups in total. The van der Waals surface area contributed by atoms with E-state index < -0.39 is 0 Å². The van der Waals surface area contributed by atoms with Crippen LogP contribution in [0, 0.1) is 12.8 Å². The van der Waals surface area contributed by atoms with E-state index in [-0.39, 0.29) is 11.9 Å². The van der Waals surface area contributed by atoms with Crippen LogP contribution in [0.5, 0.6) is 0 Å². The Balaban J connectivity index is 1.61. The van der Waals surface area contributed by atoms with Crippen molar-refractivity contribution in [1.82, 2.24) is 15.4 Å². The first-order chi connectivity index (χ1) is 12.1. The molecule has 5 nitrogen and oxygen atoms in total. The predicted molar refractivity (Wildman–Crippen MR) is 95.4 cm³/mol. The molecule has 0 bridgehead atoms. The van der Waals surface area contributed by atoms with Gasteiger partial charge in [0.15, 0.2) is 5.69 Å². The molecule has 1 amide bonds.